The van der Waals surface area contributed by atoms with Crippen molar-refractivity contribution in [2.45, 2.75) is 19.6 Å². The van der Waals surface area contributed by atoms with Crippen molar-refractivity contribution in [3.8, 4) is 11.3 Å². The first kappa shape index (κ1) is 12.8. The zero-order valence-corrected chi connectivity index (χ0v) is 10.7. The van der Waals surface area contributed by atoms with E-state index < -0.39 is 0 Å². The first-order valence-corrected chi connectivity index (χ1v) is 6.03. The van der Waals surface area contributed by atoms with Gasteiger partial charge in [-0.2, -0.15) is 0 Å². The van der Waals surface area contributed by atoms with Crippen LogP contribution in [0.4, 0.5) is 0 Å². The highest BCUT2D eigenvalue weighted by Crippen LogP contribution is 2.20. The average molecular weight is 246 g/mol. The van der Waals surface area contributed by atoms with Crippen LogP contribution >= 0.6 is 0 Å². The molecule has 0 aliphatic carbocycles. The summed E-state index contributed by atoms with van der Waals surface area (Å²) in [5.41, 5.74) is 1.89. The van der Waals surface area contributed by atoms with E-state index in [-0.39, 0.29) is 6.10 Å². The fraction of sp³-hybridized carbons (Fsp3) is 0.357. The Morgan fingerprint density at radius 2 is 2.06 bits per heavy atom. The molecule has 0 fully saturated rings. The van der Waals surface area contributed by atoms with E-state index in [1.54, 1.807) is 6.92 Å². The Morgan fingerprint density at radius 3 is 2.72 bits per heavy atom. The molecule has 1 heterocycles. The van der Waals surface area contributed by atoms with Crippen molar-refractivity contribution in [3.05, 3.63) is 42.1 Å². The molecule has 4 heteroatoms. The van der Waals surface area contributed by atoms with Crippen molar-refractivity contribution in [3.63, 3.8) is 0 Å². The molecule has 1 aromatic carbocycles. The lowest BCUT2D eigenvalue weighted by Gasteiger charge is -2.16. The molecule has 96 valence electrons. The zero-order chi connectivity index (χ0) is 13.0. The van der Waals surface area contributed by atoms with Crippen molar-refractivity contribution in [1.82, 2.24) is 10.1 Å². The number of aliphatic hydroxyl groups excluding tert-OH is 1. The topological polar surface area (TPSA) is 49.5 Å². The predicted molar refractivity (Wildman–Crippen MR) is 70.0 cm³/mol. The van der Waals surface area contributed by atoms with Crippen molar-refractivity contribution in [2.24, 2.45) is 0 Å². The van der Waals surface area contributed by atoms with E-state index in [0.717, 1.165) is 17.0 Å². The second kappa shape index (κ2) is 5.80. The van der Waals surface area contributed by atoms with Crippen LogP contribution in [0.5, 0.6) is 0 Å². The molecule has 0 saturated carbocycles. The summed E-state index contributed by atoms with van der Waals surface area (Å²) >= 11 is 0. The van der Waals surface area contributed by atoms with Gasteiger partial charge in [-0.05, 0) is 14.0 Å². The fourth-order valence-electron chi connectivity index (χ4n) is 1.92. The van der Waals surface area contributed by atoms with Gasteiger partial charge in [-0.15, -0.1) is 0 Å². The van der Waals surface area contributed by atoms with Crippen LogP contribution < -0.4 is 0 Å². The van der Waals surface area contributed by atoms with Crippen LogP contribution in [0.15, 0.2) is 40.9 Å². The summed E-state index contributed by atoms with van der Waals surface area (Å²) < 4.78 is 5.32. The molecule has 1 aromatic heterocycles. The Labute approximate surface area is 107 Å². The molecule has 0 aliphatic heterocycles. The van der Waals surface area contributed by atoms with Gasteiger partial charge in [0.1, 0.15) is 0 Å². The summed E-state index contributed by atoms with van der Waals surface area (Å²) in [6.07, 6.45) is -0.338. The third kappa shape index (κ3) is 3.42. The first-order valence-electron chi connectivity index (χ1n) is 6.03. The number of rotatable bonds is 5. The molecular weight excluding hydrogens is 228 g/mol. The maximum absolute atomic E-state index is 9.30. The molecule has 1 N–H and O–H groups in total. The highest BCUT2D eigenvalue weighted by atomic mass is 16.5. The van der Waals surface area contributed by atoms with Gasteiger partial charge in [0.15, 0.2) is 5.76 Å². The molecule has 2 rings (SSSR count). The Morgan fingerprint density at radius 1 is 1.33 bits per heavy atom. The van der Waals surface area contributed by atoms with Gasteiger partial charge < -0.3 is 9.63 Å². The summed E-state index contributed by atoms with van der Waals surface area (Å²) in [6, 6.07) is 11.8. The summed E-state index contributed by atoms with van der Waals surface area (Å²) in [6.45, 7) is 3.06. The first-order chi connectivity index (χ1) is 8.65. The molecule has 2 aromatic rings. The number of aromatic nitrogens is 1. The third-order valence-corrected chi connectivity index (χ3v) is 2.63. The second-order valence-corrected chi connectivity index (χ2v) is 4.59. The van der Waals surface area contributed by atoms with E-state index in [1.165, 1.54) is 0 Å². The van der Waals surface area contributed by atoms with E-state index in [9.17, 15) is 5.11 Å². The molecule has 0 bridgehead atoms. The molecule has 0 radical (unpaired) electrons. The summed E-state index contributed by atoms with van der Waals surface area (Å²) in [4.78, 5) is 2.01. The van der Waals surface area contributed by atoms with E-state index in [0.29, 0.717) is 13.1 Å². The zero-order valence-electron chi connectivity index (χ0n) is 10.7. The SMILES string of the molecule is CC(O)CN(C)Cc1cc(-c2ccccc2)on1. The van der Waals surface area contributed by atoms with Crippen LogP contribution in [0.3, 0.4) is 0 Å². The summed E-state index contributed by atoms with van der Waals surface area (Å²) in [5, 5.41) is 13.3. The van der Waals surface area contributed by atoms with Gasteiger partial charge in [-0.3, -0.25) is 4.90 Å². The Hall–Kier alpha value is -1.65. The monoisotopic (exact) mass is 246 g/mol. The molecular formula is C14H18N2O2. The fourth-order valence-corrected chi connectivity index (χ4v) is 1.92. The summed E-state index contributed by atoms with van der Waals surface area (Å²) in [7, 11) is 1.95. The van der Waals surface area contributed by atoms with Gasteiger partial charge in [0.05, 0.1) is 11.8 Å². The van der Waals surface area contributed by atoms with Gasteiger partial charge in [-0.25, -0.2) is 0 Å². The smallest absolute Gasteiger partial charge is 0.167 e. The average Bonchev–Trinajstić information content (AvgIpc) is 2.77. The minimum Gasteiger partial charge on any atom is -0.392 e. The second-order valence-electron chi connectivity index (χ2n) is 4.59. The Bertz CT molecular complexity index is 480. The lowest BCUT2D eigenvalue weighted by molar-refractivity contribution is 0.137. The normalized spacial score (nSPS) is 12.9. The maximum Gasteiger partial charge on any atom is 0.167 e. The van der Waals surface area contributed by atoms with Crippen molar-refractivity contribution in [1.29, 1.82) is 0 Å². The molecule has 18 heavy (non-hydrogen) atoms. The molecule has 4 nitrogen and oxygen atoms in total. The standard InChI is InChI=1S/C14H18N2O2/c1-11(17)9-16(2)10-13-8-14(18-15-13)12-6-4-3-5-7-12/h3-8,11,17H,9-10H2,1-2H3. The van der Waals surface area contributed by atoms with Crippen molar-refractivity contribution < 1.29 is 9.63 Å². The van der Waals surface area contributed by atoms with Gasteiger partial charge in [0.2, 0.25) is 0 Å². The Kier molecular flexibility index (Phi) is 4.12. The van der Waals surface area contributed by atoms with Crippen molar-refractivity contribution in [2.75, 3.05) is 13.6 Å². The van der Waals surface area contributed by atoms with E-state index >= 15 is 0 Å². The number of hydrogen-bond donors (Lipinski definition) is 1. The van der Waals surface area contributed by atoms with Crippen LogP contribution in [-0.2, 0) is 6.54 Å². The number of nitrogens with zero attached hydrogens (tertiary/aromatic N) is 2. The van der Waals surface area contributed by atoms with Gasteiger partial charge >= 0.3 is 0 Å². The minimum absolute atomic E-state index is 0.338. The van der Waals surface area contributed by atoms with Gasteiger partial charge in [0, 0.05) is 24.7 Å². The summed E-state index contributed by atoms with van der Waals surface area (Å²) in [5.74, 6) is 0.774. The molecule has 0 spiro atoms. The maximum atomic E-state index is 9.30. The minimum atomic E-state index is -0.338. The molecule has 1 atom stereocenters. The predicted octanol–water partition coefficient (Wildman–Crippen LogP) is 2.15. The lowest BCUT2D eigenvalue weighted by atomic mass is 10.1. The van der Waals surface area contributed by atoms with Crippen LogP contribution in [0.25, 0.3) is 11.3 Å². The Balaban J connectivity index is 2.03. The number of likely N-dealkylation sites (N-methyl/N-ethyl adjacent to an activating group) is 1. The van der Waals surface area contributed by atoms with Gasteiger partial charge in [-0.1, -0.05) is 35.5 Å². The van der Waals surface area contributed by atoms with Gasteiger partial charge in [0.25, 0.3) is 0 Å². The van der Waals surface area contributed by atoms with Crippen LogP contribution in [0, 0.1) is 0 Å². The van der Waals surface area contributed by atoms with E-state index in [1.807, 2.05) is 48.3 Å². The van der Waals surface area contributed by atoms with Crippen LogP contribution in [0.1, 0.15) is 12.6 Å². The highest BCUT2D eigenvalue weighted by Gasteiger charge is 2.09. The van der Waals surface area contributed by atoms with Crippen molar-refractivity contribution >= 4 is 0 Å². The van der Waals surface area contributed by atoms with E-state index in [2.05, 4.69) is 5.16 Å². The van der Waals surface area contributed by atoms with E-state index in [4.69, 9.17) is 4.52 Å². The largest absolute Gasteiger partial charge is 0.392 e. The lowest BCUT2D eigenvalue weighted by Crippen LogP contribution is -2.26. The molecule has 0 saturated heterocycles. The number of aliphatic hydroxyl groups is 1. The molecule has 0 amide bonds. The quantitative estimate of drug-likeness (QED) is 0.878. The molecule has 0 aliphatic rings. The number of hydrogen-bond acceptors (Lipinski definition) is 4. The highest BCUT2D eigenvalue weighted by molar-refractivity contribution is 5.56. The van der Waals surface area contributed by atoms with Crippen LogP contribution in [-0.4, -0.2) is 34.9 Å². The number of benzene rings is 1. The van der Waals surface area contributed by atoms with Crippen LogP contribution in [0.2, 0.25) is 0 Å². The third-order valence-electron chi connectivity index (χ3n) is 2.63. The molecule has 1 unspecified atom stereocenters.